The number of ether oxygens (including phenoxy) is 1. The summed E-state index contributed by atoms with van der Waals surface area (Å²) in [5, 5.41) is 2.60. The van der Waals surface area contributed by atoms with Crippen LogP contribution in [0.4, 0.5) is 10.1 Å². The quantitative estimate of drug-likeness (QED) is 0.802. The Morgan fingerprint density at radius 2 is 2.19 bits per heavy atom. The minimum absolute atomic E-state index is 0.0103. The predicted molar refractivity (Wildman–Crippen MR) is 60.1 cm³/mol. The molecule has 0 amide bonds. The molecule has 0 spiro atoms. The zero-order valence-corrected chi connectivity index (χ0v) is 10.4. The highest BCUT2D eigenvalue weighted by Crippen LogP contribution is 2.37. The maximum absolute atomic E-state index is 13.5. The molecule has 8 heteroatoms. The molecule has 1 aromatic carbocycles. The monoisotopic (exact) mass is 308 g/mol. The van der Waals surface area contributed by atoms with Gasteiger partial charge in [0.25, 0.3) is 10.0 Å². The van der Waals surface area contributed by atoms with Crippen LogP contribution in [0.1, 0.15) is 0 Å². The number of nitrogens with one attached hydrogen (secondary N) is 1. The predicted octanol–water partition coefficient (Wildman–Crippen LogP) is 1.70. The van der Waals surface area contributed by atoms with Gasteiger partial charge in [-0.25, -0.2) is 4.39 Å². The number of fused-ring (bicyclic) bond motifs is 1. The van der Waals surface area contributed by atoms with E-state index in [-0.39, 0.29) is 16.2 Å². The number of benzene rings is 1. The van der Waals surface area contributed by atoms with Gasteiger partial charge in [0.05, 0.1) is 7.11 Å². The Hall–Kier alpha value is -1.15. The zero-order chi connectivity index (χ0) is 11.9. The number of methoxy groups -OCH3 is 1. The van der Waals surface area contributed by atoms with Crippen LogP contribution in [0, 0.1) is 5.82 Å². The van der Waals surface area contributed by atoms with Gasteiger partial charge in [-0.2, -0.15) is 8.42 Å². The Balaban J connectivity index is 2.81. The topological polar surface area (TPSA) is 67.8 Å². The lowest BCUT2D eigenvalue weighted by molar-refractivity contribution is 0.413. The number of amidine groups is 1. The molecule has 1 aromatic rings. The fourth-order valence-electron chi connectivity index (χ4n) is 1.36. The molecular formula is C8H6BrFN2O3S. The van der Waals surface area contributed by atoms with E-state index in [0.717, 1.165) is 6.07 Å². The number of hydrogen-bond acceptors (Lipinski definition) is 4. The third kappa shape index (κ3) is 1.67. The van der Waals surface area contributed by atoms with E-state index < -0.39 is 20.7 Å². The zero-order valence-electron chi connectivity index (χ0n) is 7.99. The smallest absolute Gasteiger partial charge is 0.289 e. The molecule has 2 rings (SSSR count). The fourth-order valence-corrected chi connectivity index (χ4v) is 3.20. The summed E-state index contributed by atoms with van der Waals surface area (Å²) < 4.78 is 44.9. The lowest BCUT2D eigenvalue weighted by Gasteiger charge is -2.17. The van der Waals surface area contributed by atoms with Gasteiger partial charge in [0.15, 0.2) is 9.64 Å². The van der Waals surface area contributed by atoms with Crippen molar-refractivity contribution in [2.45, 2.75) is 4.90 Å². The second kappa shape index (κ2) is 3.70. The molecule has 0 atom stereocenters. The first-order valence-electron chi connectivity index (χ1n) is 4.09. The molecule has 5 nitrogen and oxygen atoms in total. The standard InChI is InChI=1S/C8H6BrFN2O3S/c1-15-5-3-2-4(10)7-6(5)11-8(9)12-16(7,13)14/h2-3H,1H3,(H,11,12). The molecule has 0 fully saturated rings. The number of sulfonamides is 1. The van der Waals surface area contributed by atoms with Crippen molar-refractivity contribution in [3.63, 3.8) is 0 Å². The molecule has 86 valence electrons. The highest BCUT2D eigenvalue weighted by Gasteiger charge is 2.30. The van der Waals surface area contributed by atoms with Crippen molar-refractivity contribution >= 4 is 36.4 Å². The summed E-state index contributed by atoms with van der Waals surface area (Å²) >= 11 is 2.90. The van der Waals surface area contributed by atoms with Crippen molar-refractivity contribution in [3.05, 3.63) is 17.9 Å². The van der Waals surface area contributed by atoms with Gasteiger partial charge in [0.2, 0.25) is 0 Å². The number of nitrogens with zero attached hydrogens (tertiary/aromatic N) is 1. The average molecular weight is 309 g/mol. The van der Waals surface area contributed by atoms with Gasteiger partial charge in [-0.3, -0.25) is 0 Å². The molecule has 0 saturated heterocycles. The molecule has 0 radical (unpaired) electrons. The van der Waals surface area contributed by atoms with Crippen molar-refractivity contribution in [3.8, 4) is 5.75 Å². The Bertz CT molecular complexity index is 585. The van der Waals surface area contributed by atoms with E-state index in [1.165, 1.54) is 13.2 Å². The molecule has 1 aliphatic heterocycles. The Morgan fingerprint density at radius 3 is 2.81 bits per heavy atom. The molecule has 0 bridgehead atoms. The first-order chi connectivity index (χ1) is 7.45. The van der Waals surface area contributed by atoms with E-state index in [2.05, 4.69) is 25.6 Å². The summed E-state index contributed by atoms with van der Waals surface area (Å²) in [4.78, 5) is -0.505. The maximum Gasteiger partial charge on any atom is 0.289 e. The van der Waals surface area contributed by atoms with Crippen LogP contribution < -0.4 is 10.1 Å². The lowest BCUT2D eigenvalue weighted by atomic mass is 10.3. The SMILES string of the molecule is COc1ccc(F)c2c1NC(Br)=NS2(=O)=O. The van der Waals surface area contributed by atoms with Crippen LogP contribution >= 0.6 is 15.9 Å². The molecule has 16 heavy (non-hydrogen) atoms. The largest absolute Gasteiger partial charge is 0.495 e. The summed E-state index contributed by atoms with van der Waals surface area (Å²) in [6.45, 7) is 0. The molecule has 0 aromatic heterocycles. The minimum Gasteiger partial charge on any atom is -0.495 e. The van der Waals surface area contributed by atoms with Gasteiger partial charge in [-0.1, -0.05) is 0 Å². The van der Waals surface area contributed by atoms with Crippen LogP contribution in [0.15, 0.2) is 21.4 Å². The van der Waals surface area contributed by atoms with E-state index in [1.807, 2.05) is 0 Å². The molecule has 1 aliphatic rings. The number of rotatable bonds is 1. The highest BCUT2D eigenvalue weighted by molar-refractivity contribution is 9.18. The van der Waals surface area contributed by atoms with Crippen LogP contribution in [0.2, 0.25) is 0 Å². The number of hydrogen-bond donors (Lipinski definition) is 1. The normalized spacial score (nSPS) is 17.1. The van der Waals surface area contributed by atoms with Gasteiger partial charge in [-0.05, 0) is 28.1 Å². The van der Waals surface area contributed by atoms with Crippen molar-refractivity contribution in [2.75, 3.05) is 12.4 Å². The highest BCUT2D eigenvalue weighted by atomic mass is 79.9. The molecule has 1 N–H and O–H groups in total. The number of anilines is 1. The number of halogens is 2. The Morgan fingerprint density at radius 1 is 1.50 bits per heavy atom. The van der Waals surface area contributed by atoms with Crippen molar-refractivity contribution in [1.82, 2.24) is 0 Å². The van der Waals surface area contributed by atoms with Crippen LogP contribution in [-0.4, -0.2) is 20.3 Å². The minimum atomic E-state index is -4.03. The van der Waals surface area contributed by atoms with Gasteiger partial charge in [0.1, 0.15) is 17.3 Å². The average Bonchev–Trinajstić information content (AvgIpc) is 2.15. The molecule has 0 unspecified atom stereocenters. The van der Waals surface area contributed by atoms with Crippen LogP contribution in [0.25, 0.3) is 0 Å². The van der Waals surface area contributed by atoms with E-state index >= 15 is 0 Å². The summed E-state index contributed by atoms with van der Waals surface area (Å²) in [5.41, 5.74) is 0.0457. The van der Waals surface area contributed by atoms with Crippen molar-refractivity contribution in [1.29, 1.82) is 0 Å². The van der Waals surface area contributed by atoms with Crippen LogP contribution in [0.5, 0.6) is 5.75 Å². The Labute approximate surface area is 99.5 Å². The summed E-state index contributed by atoms with van der Waals surface area (Å²) in [6, 6.07) is 2.36. The molecular weight excluding hydrogens is 303 g/mol. The molecule has 0 aliphatic carbocycles. The van der Waals surface area contributed by atoms with Crippen LogP contribution in [-0.2, 0) is 10.0 Å². The lowest BCUT2D eigenvalue weighted by Crippen LogP contribution is -2.18. The van der Waals surface area contributed by atoms with E-state index in [4.69, 9.17) is 4.74 Å². The van der Waals surface area contributed by atoms with E-state index in [0.29, 0.717) is 0 Å². The van der Waals surface area contributed by atoms with Gasteiger partial charge >= 0.3 is 0 Å². The Kier molecular flexibility index (Phi) is 2.62. The van der Waals surface area contributed by atoms with Gasteiger partial charge in [-0.15, -0.1) is 4.40 Å². The maximum atomic E-state index is 13.5. The molecule has 0 saturated carbocycles. The summed E-state index contributed by atoms with van der Waals surface area (Å²) in [7, 11) is -2.67. The third-order valence-corrected chi connectivity index (χ3v) is 3.93. The van der Waals surface area contributed by atoms with Gasteiger partial charge < -0.3 is 10.1 Å². The summed E-state index contributed by atoms with van der Waals surface area (Å²) in [6.07, 6.45) is 0. The van der Waals surface area contributed by atoms with Crippen molar-refractivity contribution < 1.29 is 17.5 Å². The summed E-state index contributed by atoms with van der Waals surface area (Å²) in [5.74, 6) is -0.640. The van der Waals surface area contributed by atoms with Crippen molar-refractivity contribution in [2.24, 2.45) is 4.40 Å². The fraction of sp³-hybridized carbons (Fsp3) is 0.125. The van der Waals surface area contributed by atoms with E-state index in [1.54, 1.807) is 0 Å². The molecule has 1 heterocycles. The second-order valence-electron chi connectivity index (χ2n) is 2.94. The second-order valence-corrected chi connectivity index (χ2v) is 5.23. The first kappa shape index (κ1) is 11.3. The van der Waals surface area contributed by atoms with Crippen LogP contribution in [0.3, 0.4) is 0 Å². The van der Waals surface area contributed by atoms with Gasteiger partial charge in [0, 0.05) is 0 Å². The third-order valence-electron chi connectivity index (χ3n) is 1.98. The van der Waals surface area contributed by atoms with E-state index in [9.17, 15) is 12.8 Å². The first-order valence-corrected chi connectivity index (χ1v) is 6.33.